The lowest BCUT2D eigenvalue weighted by molar-refractivity contribution is -0.138. The Bertz CT molecular complexity index is 338. The molecule has 5 nitrogen and oxygen atoms in total. The second-order valence-corrected chi connectivity index (χ2v) is 6.88. The number of hydrogen-bond acceptors (Lipinski definition) is 5. The third-order valence-electron chi connectivity index (χ3n) is 3.81. The highest BCUT2D eigenvalue weighted by atomic mass is 32.2. The quantitative estimate of drug-likeness (QED) is 0.436. The summed E-state index contributed by atoms with van der Waals surface area (Å²) in [5.41, 5.74) is 5.80. The zero-order valence-corrected chi connectivity index (χ0v) is 15.0. The standard InChI is InChI=1S/C16H32N4OS/c1-3-4-5-6-7-8-9-10-11-12-13-22-20-18-14-16(17)19(20)15(2)21/h14,16H,3-13,17H2,1-2H3. The summed E-state index contributed by atoms with van der Waals surface area (Å²) in [5, 5.41) is 5.64. The molecule has 0 spiro atoms. The van der Waals surface area contributed by atoms with Gasteiger partial charge in [-0.2, -0.15) is 5.10 Å². The number of carbonyl (C=O) groups is 1. The summed E-state index contributed by atoms with van der Waals surface area (Å²) in [6, 6.07) is 0. The van der Waals surface area contributed by atoms with E-state index in [0.717, 1.165) is 12.2 Å². The van der Waals surface area contributed by atoms with Gasteiger partial charge in [0.1, 0.15) is 6.17 Å². The molecular formula is C16H32N4OS. The van der Waals surface area contributed by atoms with Crippen LogP contribution in [0.25, 0.3) is 0 Å². The lowest BCUT2D eigenvalue weighted by Gasteiger charge is -2.26. The highest BCUT2D eigenvalue weighted by Crippen LogP contribution is 2.21. The van der Waals surface area contributed by atoms with Crippen molar-refractivity contribution < 1.29 is 4.79 Å². The molecule has 1 rings (SSSR count). The Morgan fingerprint density at radius 1 is 1.09 bits per heavy atom. The average molecular weight is 329 g/mol. The zero-order chi connectivity index (χ0) is 16.2. The van der Waals surface area contributed by atoms with Crippen molar-refractivity contribution in [2.75, 3.05) is 5.75 Å². The van der Waals surface area contributed by atoms with Gasteiger partial charge >= 0.3 is 0 Å². The van der Waals surface area contributed by atoms with Gasteiger partial charge in [-0.05, 0) is 18.4 Å². The lowest BCUT2D eigenvalue weighted by atomic mass is 10.1. The smallest absolute Gasteiger partial charge is 0.241 e. The van der Waals surface area contributed by atoms with E-state index >= 15 is 0 Å². The van der Waals surface area contributed by atoms with E-state index in [1.165, 1.54) is 69.7 Å². The van der Waals surface area contributed by atoms with E-state index in [1.54, 1.807) is 22.7 Å². The van der Waals surface area contributed by atoms with E-state index in [9.17, 15) is 4.79 Å². The molecule has 128 valence electrons. The second kappa shape index (κ2) is 11.8. The fourth-order valence-electron chi connectivity index (χ4n) is 2.52. The van der Waals surface area contributed by atoms with E-state index in [2.05, 4.69) is 12.0 Å². The molecular weight excluding hydrogens is 296 g/mol. The molecule has 0 aliphatic carbocycles. The van der Waals surface area contributed by atoms with Crippen LogP contribution in [0.2, 0.25) is 0 Å². The zero-order valence-electron chi connectivity index (χ0n) is 14.2. The molecule has 6 heteroatoms. The van der Waals surface area contributed by atoms with E-state index in [-0.39, 0.29) is 5.91 Å². The number of rotatable bonds is 12. The maximum absolute atomic E-state index is 11.5. The predicted octanol–water partition coefficient (Wildman–Crippen LogP) is 3.91. The van der Waals surface area contributed by atoms with Gasteiger partial charge in [0.05, 0.1) is 6.21 Å². The van der Waals surface area contributed by atoms with Gasteiger partial charge < -0.3 is 5.73 Å². The van der Waals surface area contributed by atoms with Gasteiger partial charge in [-0.3, -0.25) is 4.79 Å². The van der Waals surface area contributed by atoms with Crippen LogP contribution in [0.15, 0.2) is 5.10 Å². The fraction of sp³-hybridized carbons (Fsp3) is 0.875. The summed E-state index contributed by atoms with van der Waals surface area (Å²) >= 11 is 1.56. The molecule has 1 atom stereocenters. The van der Waals surface area contributed by atoms with Crippen LogP contribution in [0.4, 0.5) is 0 Å². The molecule has 1 unspecified atom stereocenters. The minimum Gasteiger partial charge on any atom is -0.305 e. The molecule has 1 amide bonds. The van der Waals surface area contributed by atoms with Crippen LogP contribution in [0.1, 0.15) is 78.1 Å². The summed E-state index contributed by atoms with van der Waals surface area (Å²) in [7, 11) is 0. The van der Waals surface area contributed by atoms with Crippen LogP contribution in [0.3, 0.4) is 0 Å². The number of nitrogens with zero attached hydrogens (tertiary/aromatic N) is 3. The molecule has 0 aromatic heterocycles. The van der Waals surface area contributed by atoms with Crippen LogP contribution in [0.5, 0.6) is 0 Å². The fourth-order valence-corrected chi connectivity index (χ4v) is 3.49. The van der Waals surface area contributed by atoms with Gasteiger partial charge in [0.25, 0.3) is 0 Å². The SMILES string of the molecule is CCCCCCCCCCCCSN1N=CC(N)N1C(C)=O. The second-order valence-electron chi connectivity index (χ2n) is 5.89. The molecule has 0 fully saturated rings. The molecule has 22 heavy (non-hydrogen) atoms. The Morgan fingerprint density at radius 2 is 1.64 bits per heavy atom. The van der Waals surface area contributed by atoms with Crippen molar-refractivity contribution in [3.05, 3.63) is 0 Å². The number of hydrazine groups is 1. The van der Waals surface area contributed by atoms with E-state index in [0.29, 0.717) is 0 Å². The normalized spacial score (nSPS) is 17.5. The maximum Gasteiger partial charge on any atom is 0.241 e. The van der Waals surface area contributed by atoms with Gasteiger partial charge in [-0.25, -0.2) is 5.01 Å². The first-order valence-corrected chi connectivity index (χ1v) is 9.63. The Balaban J connectivity index is 1.93. The topological polar surface area (TPSA) is 61.9 Å². The van der Waals surface area contributed by atoms with Crippen molar-refractivity contribution >= 4 is 24.1 Å². The molecule has 2 N–H and O–H groups in total. The van der Waals surface area contributed by atoms with Gasteiger partial charge in [-0.15, -0.1) is 4.52 Å². The van der Waals surface area contributed by atoms with Crippen molar-refractivity contribution in [2.45, 2.75) is 84.2 Å². The van der Waals surface area contributed by atoms with Crippen LogP contribution < -0.4 is 5.73 Å². The number of unbranched alkanes of at least 4 members (excludes halogenated alkanes) is 9. The summed E-state index contributed by atoms with van der Waals surface area (Å²) < 4.78 is 1.63. The molecule has 1 aliphatic rings. The van der Waals surface area contributed by atoms with E-state index in [4.69, 9.17) is 5.73 Å². The first-order chi connectivity index (χ1) is 10.7. The van der Waals surface area contributed by atoms with Crippen molar-refractivity contribution in [3.8, 4) is 0 Å². The number of carbonyl (C=O) groups excluding carboxylic acids is 1. The Hall–Kier alpha value is -0.750. The van der Waals surface area contributed by atoms with Crippen LogP contribution in [-0.2, 0) is 4.79 Å². The molecule has 0 radical (unpaired) electrons. The third kappa shape index (κ3) is 7.49. The Morgan fingerprint density at radius 3 is 2.18 bits per heavy atom. The van der Waals surface area contributed by atoms with Gasteiger partial charge in [-0.1, -0.05) is 64.7 Å². The molecule has 0 saturated carbocycles. The summed E-state index contributed by atoms with van der Waals surface area (Å²) in [6.07, 6.45) is 14.5. The highest BCUT2D eigenvalue weighted by molar-refractivity contribution is 7.96. The Kier molecular flexibility index (Phi) is 10.3. The van der Waals surface area contributed by atoms with Crippen molar-refractivity contribution in [1.82, 2.24) is 9.53 Å². The predicted molar refractivity (Wildman–Crippen MR) is 95.1 cm³/mol. The van der Waals surface area contributed by atoms with Gasteiger partial charge in [0.2, 0.25) is 5.91 Å². The highest BCUT2D eigenvalue weighted by Gasteiger charge is 2.27. The summed E-state index contributed by atoms with van der Waals surface area (Å²) in [6.45, 7) is 3.78. The molecule has 0 aromatic carbocycles. The molecule has 1 heterocycles. The summed E-state index contributed by atoms with van der Waals surface area (Å²) in [4.78, 5) is 11.5. The Labute approximate surface area is 139 Å². The minimum absolute atomic E-state index is 0.0689. The number of nitrogens with two attached hydrogens (primary N) is 1. The van der Waals surface area contributed by atoms with Crippen LogP contribution >= 0.6 is 11.9 Å². The average Bonchev–Trinajstić information content (AvgIpc) is 2.86. The third-order valence-corrected chi connectivity index (χ3v) is 4.78. The monoisotopic (exact) mass is 328 g/mol. The number of hydrogen-bond donors (Lipinski definition) is 1. The lowest BCUT2D eigenvalue weighted by Crippen LogP contribution is -2.46. The van der Waals surface area contributed by atoms with Gasteiger partial charge in [0.15, 0.2) is 0 Å². The largest absolute Gasteiger partial charge is 0.305 e. The van der Waals surface area contributed by atoms with Gasteiger partial charge in [0, 0.05) is 12.7 Å². The van der Waals surface area contributed by atoms with E-state index < -0.39 is 6.17 Å². The van der Waals surface area contributed by atoms with Crippen molar-refractivity contribution in [3.63, 3.8) is 0 Å². The number of amides is 1. The van der Waals surface area contributed by atoms with Crippen LogP contribution in [-0.4, -0.2) is 33.6 Å². The minimum atomic E-state index is -0.419. The first kappa shape index (κ1) is 19.3. The van der Waals surface area contributed by atoms with Crippen molar-refractivity contribution in [1.29, 1.82) is 0 Å². The molecule has 0 saturated heterocycles. The summed E-state index contributed by atoms with van der Waals surface area (Å²) in [5.74, 6) is 0.908. The van der Waals surface area contributed by atoms with E-state index in [1.807, 2.05) is 0 Å². The molecule has 0 aromatic rings. The van der Waals surface area contributed by atoms with Crippen molar-refractivity contribution in [2.24, 2.45) is 10.8 Å². The first-order valence-electron chi connectivity index (χ1n) is 8.69. The van der Waals surface area contributed by atoms with Crippen LogP contribution in [0, 0.1) is 0 Å². The maximum atomic E-state index is 11.5. The molecule has 1 aliphatic heterocycles. The number of hydrazone groups is 1. The molecule has 0 bridgehead atoms.